The van der Waals surface area contributed by atoms with Gasteiger partial charge in [0.1, 0.15) is 17.3 Å². The molecule has 8 atom stereocenters. The summed E-state index contributed by atoms with van der Waals surface area (Å²) in [6, 6.07) is 5.45. The zero-order chi connectivity index (χ0) is 38.5. The second-order valence-corrected chi connectivity index (χ2v) is 27.6. The summed E-state index contributed by atoms with van der Waals surface area (Å²) >= 11 is 0. The molecule has 0 aromatic heterocycles. The Morgan fingerprint density at radius 2 is 1.57 bits per heavy atom. The van der Waals surface area contributed by atoms with Gasteiger partial charge in [-0.25, -0.2) is 0 Å². The number of ketones is 1. The summed E-state index contributed by atoms with van der Waals surface area (Å²) in [5.41, 5.74) is 4.25. The first-order valence-electron chi connectivity index (χ1n) is 20.2. The van der Waals surface area contributed by atoms with Gasteiger partial charge in [0.25, 0.3) is 0 Å². The van der Waals surface area contributed by atoms with Crippen molar-refractivity contribution >= 4 is 22.4 Å². The third kappa shape index (κ3) is 10.6. The van der Waals surface area contributed by atoms with Crippen LogP contribution in [0.5, 0.6) is 11.5 Å². The molecule has 0 amide bonds. The predicted octanol–water partition coefficient (Wildman–Crippen LogP) is 12.0. The molecule has 0 saturated carbocycles. The van der Waals surface area contributed by atoms with E-state index in [0.29, 0.717) is 11.8 Å². The van der Waals surface area contributed by atoms with Crippen molar-refractivity contribution in [2.24, 2.45) is 29.6 Å². The highest BCUT2D eigenvalue weighted by atomic mass is 28.4. The molecule has 0 aliphatic carbocycles. The van der Waals surface area contributed by atoms with Crippen LogP contribution in [-0.4, -0.2) is 48.5 Å². The molecule has 0 radical (unpaired) electrons. The number of fused-ring (bicyclic) bond motifs is 4. The molecule has 3 rings (SSSR count). The van der Waals surface area contributed by atoms with Crippen molar-refractivity contribution in [3.63, 3.8) is 0 Å². The summed E-state index contributed by atoms with van der Waals surface area (Å²) in [5, 5.41) is -0.0180. The van der Waals surface area contributed by atoms with Crippen LogP contribution in [0, 0.1) is 36.5 Å². The molecule has 292 valence electrons. The van der Waals surface area contributed by atoms with Crippen LogP contribution in [0.3, 0.4) is 0 Å². The average Bonchev–Trinajstić information content (AvgIpc) is 3.03. The van der Waals surface area contributed by atoms with Gasteiger partial charge < -0.3 is 23.1 Å². The lowest BCUT2D eigenvalue weighted by atomic mass is 9.76. The highest BCUT2D eigenvalue weighted by Gasteiger charge is 2.48. The Labute approximate surface area is 315 Å². The Morgan fingerprint density at radius 1 is 0.941 bits per heavy atom. The van der Waals surface area contributed by atoms with Crippen molar-refractivity contribution in [3.05, 3.63) is 34.4 Å². The molecule has 0 spiro atoms. The molecule has 2 aliphatic heterocycles. The maximum Gasteiger partial charge on any atom is 0.250 e. The van der Waals surface area contributed by atoms with Crippen molar-refractivity contribution < 1.29 is 27.9 Å². The zero-order valence-corrected chi connectivity index (χ0v) is 37.6. The van der Waals surface area contributed by atoms with Gasteiger partial charge in [0.15, 0.2) is 15.1 Å². The van der Waals surface area contributed by atoms with Crippen LogP contribution >= 0.6 is 0 Å². The lowest BCUT2D eigenvalue weighted by Crippen LogP contribution is -2.52. The number of carbonyl (C=O) groups excluding carboxylic acids is 1. The second kappa shape index (κ2) is 18.2. The fourth-order valence-corrected chi connectivity index (χ4v) is 12.4. The van der Waals surface area contributed by atoms with Crippen LogP contribution in [0.15, 0.2) is 17.7 Å². The molecule has 8 heteroatoms. The van der Waals surface area contributed by atoms with Crippen molar-refractivity contribution in [1.29, 1.82) is 0 Å². The van der Waals surface area contributed by atoms with Crippen molar-refractivity contribution in [3.8, 4) is 11.5 Å². The lowest BCUT2D eigenvalue weighted by molar-refractivity contribution is -0.164. The van der Waals surface area contributed by atoms with Gasteiger partial charge in [-0.05, 0) is 99.3 Å². The van der Waals surface area contributed by atoms with Gasteiger partial charge >= 0.3 is 0 Å². The molecule has 1 saturated heterocycles. The Kier molecular flexibility index (Phi) is 15.7. The Bertz CT molecular complexity index is 1320. The highest BCUT2D eigenvalue weighted by molar-refractivity contribution is 6.74. The fourth-order valence-electron chi connectivity index (χ4n) is 8.41. The van der Waals surface area contributed by atoms with Crippen molar-refractivity contribution in [2.45, 2.75) is 177 Å². The minimum Gasteiger partial charge on any atom is -0.543 e. The normalized spacial score (nSPS) is 30.0. The molecule has 2 bridgehead atoms. The number of hydrogen-bond donors (Lipinski definition) is 0. The van der Waals surface area contributed by atoms with E-state index < -0.39 is 16.6 Å². The van der Waals surface area contributed by atoms with Crippen LogP contribution in [-0.2, 0) is 25.1 Å². The molecule has 6 nitrogen and oxygen atoms in total. The summed E-state index contributed by atoms with van der Waals surface area (Å²) in [4.78, 5) is 14.4. The zero-order valence-electron chi connectivity index (χ0n) is 35.6. The average molecular weight is 745 g/mol. The van der Waals surface area contributed by atoms with Crippen LogP contribution in [0.4, 0.5) is 0 Å². The molecule has 1 aromatic rings. The largest absolute Gasteiger partial charge is 0.543 e. The number of allylic oxidation sites excluding steroid dienone is 2. The number of rotatable bonds is 10. The standard InChI is InChI=1S/C43H76O6Si2/c1-17-51(18-2,19-3)49-41-33(9)37-21-20-28(4)22-29(5)23-30(6)24-31(7)36(44)26-35-39(42(47-37)34(41)10)38(48-50(15,16)43(11,12)13)25-32(8)40(35)46-27-45-14/h22,25,28,30-31,33-34,37,41-42H,17-21,23-24,26-27H2,1-16H3/b29-22+/t28-,30+,31-,33-,34+,37+,41-,42+/m0/s1. The van der Waals surface area contributed by atoms with E-state index in [2.05, 4.69) is 115 Å². The van der Waals surface area contributed by atoms with Gasteiger partial charge in [-0.15, -0.1) is 0 Å². The summed E-state index contributed by atoms with van der Waals surface area (Å²) in [6.07, 6.45) is 6.30. The SMILES string of the molecule is CC[Si](CC)(CC)O[C@H]1[C@@H](C)[C@H]2CC[C@H](C)/C=C(\C)C[C@@H](C)C[C@H](C)C(=O)Cc3c(OCOC)c(C)cc(O[Si](C)(C)C(C)(C)C)c3[C@H](O2)[C@@H]1C. The van der Waals surface area contributed by atoms with Crippen LogP contribution in [0.25, 0.3) is 0 Å². The topological polar surface area (TPSA) is 63.2 Å². The van der Waals surface area contributed by atoms with Gasteiger partial charge in [-0.2, -0.15) is 0 Å². The number of benzene rings is 1. The smallest absolute Gasteiger partial charge is 0.250 e. The first-order valence-corrected chi connectivity index (χ1v) is 25.7. The lowest BCUT2D eigenvalue weighted by Gasteiger charge is -2.49. The van der Waals surface area contributed by atoms with Crippen LogP contribution < -0.4 is 9.16 Å². The maximum atomic E-state index is 14.4. The van der Waals surface area contributed by atoms with Crippen molar-refractivity contribution in [2.75, 3.05) is 13.9 Å². The summed E-state index contributed by atoms with van der Waals surface area (Å²) < 4.78 is 34.1. The number of methoxy groups -OCH3 is 1. The molecule has 0 N–H and O–H groups in total. The van der Waals surface area contributed by atoms with E-state index in [1.165, 1.54) is 5.57 Å². The quantitative estimate of drug-likeness (QED) is 0.135. The number of carbonyl (C=O) groups is 1. The molecule has 1 fully saturated rings. The molecule has 1 aromatic carbocycles. The number of hydrogen-bond acceptors (Lipinski definition) is 6. The van der Waals surface area contributed by atoms with Gasteiger partial charge in [0, 0.05) is 42.4 Å². The van der Waals surface area contributed by atoms with E-state index >= 15 is 0 Å². The van der Waals surface area contributed by atoms with Crippen molar-refractivity contribution in [1.82, 2.24) is 0 Å². The number of aryl methyl sites for hydroxylation is 1. The van der Waals surface area contributed by atoms with E-state index in [-0.39, 0.29) is 60.1 Å². The third-order valence-electron chi connectivity index (χ3n) is 12.9. The Balaban J connectivity index is 2.41. The minimum atomic E-state index is -2.31. The van der Waals surface area contributed by atoms with Gasteiger partial charge in [0.2, 0.25) is 8.32 Å². The molecular formula is C43H76O6Si2. The van der Waals surface area contributed by atoms with E-state index in [4.69, 9.17) is 23.1 Å². The first kappa shape index (κ1) is 43.9. The predicted molar refractivity (Wildman–Crippen MR) is 218 cm³/mol. The van der Waals surface area contributed by atoms with Crippen LogP contribution in [0.1, 0.15) is 132 Å². The Hall–Kier alpha value is -1.46. The monoisotopic (exact) mass is 745 g/mol. The molecule has 2 aliphatic rings. The van der Waals surface area contributed by atoms with E-state index in [1.807, 2.05) is 0 Å². The van der Waals surface area contributed by atoms with Crippen LogP contribution in [0.2, 0.25) is 36.3 Å². The number of Topliss-reactive ketones (excluding diaryl/α,β-unsaturated/α-hetero) is 1. The molecule has 2 heterocycles. The highest BCUT2D eigenvalue weighted by Crippen LogP contribution is 2.51. The number of ether oxygens (including phenoxy) is 3. The first-order chi connectivity index (χ1) is 23.7. The van der Waals surface area contributed by atoms with Gasteiger partial charge in [0.05, 0.1) is 18.3 Å². The van der Waals surface area contributed by atoms with E-state index in [9.17, 15) is 4.79 Å². The summed E-state index contributed by atoms with van der Waals surface area (Å²) in [7, 11) is -2.64. The third-order valence-corrected chi connectivity index (χ3v) is 21.9. The summed E-state index contributed by atoms with van der Waals surface area (Å²) in [5.74, 6) is 2.82. The molecule has 0 unspecified atom stereocenters. The second-order valence-electron chi connectivity index (χ2n) is 18.1. The van der Waals surface area contributed by atoms with Gasteiger partial charge in [-0.3, -0.25) is 4.79 Å². The minimum absolute atomic E-state index is 0.00398. The fraction of sp³-hybridized carbons (Fsp3) is 0.791. The molecule has 51 heavy (non-hydrogen) atoms. The summed E-state index contributed by atoms with van der Waals surface area (Å²) in [6.45, 7) is 34.2. The van der Waals surface area contributed by atoms with Gasteiger partial charge in [-0.1, -0.05) is 87.8 Å². The maximum absolute atomic E-state index is 14.4. The van der Waals surface area contributed by atoms with E-state index in [0.717, 1.165) is 72.0 Å². The molecular weight excluding hydrogens is 669 g/mol. The Morgan fingerprint density at radius 3 is 2.14 bits per heavy atom. The van der Waals surface area contributed by atoms with E-state index in [1.54, 1.807) is 7.11 Å².